The smallest absolute Gasteiger partial charge is 0.306 e. The normalized spacial score (nSPS) is 12.3. The van der Waals surface area contributed by atoms with Crippen molar-refractivity contribution in [2.24, 2.45) is 0 Å². The number of carbonyl (C=O) groups excluding carboxylic acids is 2. The minimum absolute atomic E-state index is 0.0880. The van der Waals surface area contributed by atoms with Crippen LogP contribution in [0.15, 0.2) is 24.3 Å². The lowest BCUT2D eigenvalue weighted by molar-refractivity contribution is -0.163. The Kier molecular flexibility index (Phi) is 44.4. The first-order chi connectivity index (χ1) is 26.6. The van der Waals surface area contributed by atoms with Crippen LogP contribution in [0.4, 0.5) is 0 Å². The standard InChI is InChI=1S/C49H92O5/c1-4-7-10-13-16-19-22-24-26-29-32-35-38-41-44-52-45-47(54-49(51)43-40-37-34-31-27-21-18-15-12-9-6-3)46-53-48(50)42-39-36-33-30-28-25-23-20-17-14-11-8-5-2/h10,13,19,22,47H,4-9,11-12,14-18,20-21,23-46H2,1-3H3/b13-10-,22-19-. The molecule has 1 atom stereocenters. The molecule has 0 saturated heterocycles. The molecular weight excluding hydrogens is 669 g/mol. The molecule has 1 unspecified atom stereocenters. The van der Waals surface area contributed by atoms with Gasteiger partial charge in [0.25, 0.3) is 0 Å². The molecule has 0 radical (unpaired) electrons. The zero-order chi connectivity index (χ0) is 39.3. The summed E-state index contributed by atoms with van der Waals surface area (Å²) < 4.78 is 17.3. The van der Waals surface area contributed by atoms with E-state index in [9.17, 15) is 9.59 Å². The molecule has 0 aromatic heterocycles. The first-order valence-corrected chi connectivity index (χ1v) is 23.9. The average molecular weight is 761 g/mol. The third-order valence-electron chi connectivity index (χ3n) is 10.5. The molecule has 0 rings (SSSR count). The lowest BCUT2D eigenvalue weighted by atomic mass is 10.0. The third-order valence-corrected chi connectivity index (χ3v) is 10.5. The first-order valence-electron chi connectivity index (χ1n) is 23.9. The number of hydrogen-bond acceptors (Lipinski definition) is 5. The van der Waals surface area contributed by atoms with E-state index in [0.717, 1.165) is 44.9 Å². The van der Waals surface area contributed by atoms with E-state index in [1.54, 1.807) is 0 Å². The van der Waals surface area contributed by atoms with Gasteiger partial charge in [-0.25, -0.2) is 0 Å². The molecular formula is C49H92O5. The lowest BCUT2D eigenvalue weighted by Crippen LogP contribution is -2.30. The van der Waals surface area contributed by atoms with Gasteiger partial charge in [-0.3, -0.25) is 9.59 Å². The van der Waals surface area contributed by atoms with Crippen molar-refractivity contribution in [2.75, 3.05) is 19.8 Å². The van der Waals surface area contributed by atoms with E-state index in [1.165, 1.54) is 173 Å². The SMILES string of the molecule is CCC/C=C\C/C=C\CCCCCCCCOCC(COC(=O)CCCCCCCCCCCCCCC)OC(=O)CCCCCCCCCCCCC. The molecule has 0 aliphatic heterocycles. The summed E-state index contributed by atoms with van der Waals surface area (Å²) in [5.41, 5.74) is 0. The van der Waals surface area contributed by atoms with Crippen LogP contribution < -0.4 is 0 Å². The summed E-state index contributed by atoms with van der Waals surface area (Å²) in [7, 11) is 0. The van der Waals surface area contributed by atoms with E-state index in [1.807, 2.05) is 0 Å². The van der Waals surface area contributed by atoms with E-state index in [-0.39, 0.29) is 25.2 Å². The van der Waals surface area contributed by atoms with Gasteiger partial charge in [0.2, 0.25) is 0 Å². The molecule has 318 valence electrons. The Morgan fingerprint density at radius 3 is 1.30 bits per heavy atom. The molecule has 0 aliphatic rings. The average Bonchev–Trinajstić information content (AvgIpc) is 3.17. The summed E-state index contributed by atoms with van der Waals surface area (Å²) in [4.78, 5) is 25.2. The minimum atomic E-state index is -0.531. The highest BCUT2D eigenvalue weighted by Gasteiger charge is 2.17. The number of rotatable bonds is 44. The third kappa shape index (κ3) is 43.1. The molecule has 0 N–H and O–H groups in total. The van der Waals surface area contributed by atoms with Crippen molar-refractivity contribution >= 4 is 11.9 Å². The minimum Gasteiger partial charge on any atom is -0.462 e. The highest BCUT2D eigenvalue weighted by molar-refractivity contribution is 5.70. The van der Waals surface area contributed by atoms with Crippen molar-refractivity contribution < 1.29 is 23.8 Å². The predicted octanol–water partition coefficient (Wildman–Crippen LogP) is 15.7. The quantitative estimate of drug-likeness (QED) is 0.0352. The van der Waals surface area contributed by atoms with Crippen LogP contribution in [0.2, 0.25) is 0 Å². The maximum absolute atomic E-state index is 12.7. The van der Waals surface area contributed by atoms with Crippen molar-refractivity contribution in [2.45, 2.75) is 258 Å². The Hall–Kier alpha value is -1.62. The number of ether oxygens (including phenoxy) is 3. The van der Waals surface area contributed by atoms with Crippen molar-refractivity contribution in [3.05, 3.63) is 24.3 Å². The van der Waals surface area contributed by atoms with E-state index >= 15 is 0 Å². The Labute approximate surface area is 337 Å². The summed E-state index contributed by atoms with van der Waals surface area (Å²) in [6.07, 6.45) is 51.7. The zero-order valence-electron chi connectivity index (χ0n) is 36.5. The number of hydrogen-bond donors (Lipinski definition) is 0. The van der Waals surface area contributed by atoms with Crippen LogP contribution in [0.25, 0.3) is 0 Å². The molecule has 0 bridgehead atoms. The van der Waals surface area contributed by atoms with Gasteiger partial charge < -0.3 is 14.2 Å². The molecule has 5 heteroatoms. The van der Waals surface area contributed by atoms with Crippen LogP contribution in [-0.2, 0) is 23.8 Å². The highest BCUT2D eigenvalue weighted by Crippen LogP contribution is 2.15. The van der Waals surface area contributed by atoms with Gasteiger partial charge in [-0.1, -0.05) is 218 Å². The Morgan fingerprint density at radius 1 is 0.407 bits per heavy atom. The molecule has 0 aromatic rings. The molecule has 0 amide bonds. The molecule has 5 nitrogen and oxygen atoms in total. The predicted molar refractivity (Wildman–Crippen MR) is 233 cm³/mol. The van der Waals surface area contributed by atoms with Crippen LogP contribution in [0.3, 0.4) is 0 Å². The molecule has 0 heterocycles. The molecule has 0 spiro atoms. The second-order valence-electron chi connectivity index (χ2n) is 16.0. The first kappa shape index (κ1) is 52.4. The number of carbonyl (C=O) groups is 2. The molecule has 54 heavy (non-hydrogen) atoms. The van der Waals surface area contributed by atoms with Crippen molar-refractivity contribution in [3.8, 4) is 0 Å². The van der Waals surface area contributed by atoms with Crippen LogP contribution in [0, 0.1) is 0 Å². The van der Waals surface area contributed by atoms with Crippen LogP contribution in [-0.4, -0.2) is 37.9 Å². The van der Waals surface area contributed by atoms with Gasteiger partial charge >= 0.3 is 11.9 Å². The Balaban J connectivity index is 4.23. The fraction of sp³-hybridized carbons (Fsp3) is 0.878. The fourth-order valence-electron chi connectivity index (χ4n) is 6.90. The van der Waals surface area contributed by atoms with Crippen LogP contribution in [0.1, 0.15) is 252 Å². The summed E-state index contributed by atoms with van der Waals surface area (Å²) in [6.45, 7) is 7.77. The molecule has 0 aromatic carbocycles. The Bertz CT molecular complexity index is 821. The van der Waals surface area contributed by atoms with Gasteiger partial charge in [-0.05, 0) is 44.9 Å². The second-order valence-corrected chi connectivity index (χ2v) is 16.0. The van der Waals surface area contributed by atoms with E-state index < -0.39 is 6.10 Å². The Morgan fingerprint density at radius 2 is 0.815 bits per heavy atom. The summed E-state index contributed by atoms with van der Waals surface area (Å²) >= 11 is 0. The topological polar surface area (TPSA) is 61.8 Å². The van der Waals surface area contributed by atoms with Crippen LogP contribution >= 0.6 is 0 Å². The van der Waals surface area contributed by atoms with Gasteiger partial charge in [0.1, 0.15) is 6.61 Å². The van der Waals surface area contributed by atoms with Crippen molar-refractivity contribution in [3.63, 3.8) is 0 Å². The van der Waals surface area contributed by atoms with Gasteiger partial charge in [0.15, 0.2) is 6.10 Å². The fourth-order valence-corrected chi connectivity index (χ4v) is 6.90. The van der Waals surface area contributed by atoms with Gasteiger partial charge in [0, 0.05) is 19.4 Å². The zero-order valence-corrected chi connectivity index (χ0v) is 36.5. The maximum atomic E-state index is 12.7. The number of allylic oxidation sites excluding steroid dienone is 4. The number of esters is 2. The summed E-state index contributed by atoms with van der Waals surface area (Å²) in [5.74, 6) is -0.390. The van der Waals surface area contributed by atoms with Crippen molar-refractivity contribution in [1.29, 1.82) is 0 Å². The molecule has 0 fully saturated rings. The van der Waals surface area contributed by atoms with Gasteiger partial charge in [0.05, 0.1) is 6.61 Å². The summed E-state index contributed by atoms with van der Waals surface area (Å²) in [6, 6.07) is 0. The largest absolute Gasteiger partial charge is 0.462 e. The van der Waals surface area contributed by atoms with Crippen molar-refractivity contribution in [1.82, 2.24) is 0 Å². The van der Waals surface area contributed by atoms with Crippen LogP contribution in [0.5, 0.6) is 0 Å². The molecule has 0 aliphatic carbocycles. The number of unbranched alkanes of at least 4 members (excludes halogenated alkanes) is 29. The highest BCUT2D eigenvalue weighted by atomic mass is 16.6. The lowest BCUT2D eigenvalue weighted by Gasteiger charge is -2.18. The monoisotopic (exact) mass is 761 g/mol. The van der Waals surface area contributed by atoms with E-state index in [0.29, 0.717) is 19.4 Å². The van der Waals surface area contributed by atoms with Gasteiger partial charge in [-0.2, -0.15) is 0 Å². The van der Waals surface area contributed by atoms with E-state index in [4.69, 9.17) is 14.2 Å². The maximum Gasteiger partial charge on any atom is 0.306 e. The molecule has 0 saturated carbocycles. The second kappa shape index (κ2) is 45.8. The summed E-state index contributed by atoms with van der Waals surface area (Å²) in [5, 5.41) is 0. The van der Waals surface area contributed by atoms with Gasteiger partial charge in [-0.15, -0.1) is 0 Å². The van der Waals surface area contributed by atoms with E-state index in [2.05, 4.69) is 45.1 Å².